The number of aryl methyl sites for hydroxylation is 2. The maximum atomic E-state index is 12.7. The lowest BCUT2D eigenvalue weighted by Gasteiger charge is -2.08. The van der Waals surface area contributed by atoms with Gasteiger partial charge >= 0.3 is 5.97 Å². The summed E-state index contributed by atoms with van der Waals surface area (Å²) in [7, 11) is 0. The Labute approximate surface area is 197 Å². The molecule has 170 valence electrons. The first-order chi connectivity index (χ1) is 16.5. The van der Waals surface area contributed by atoms with Crippen LogP contribution in [-0.2, 0) is 4.79 Å². The molecule has 0 saturated carbocycles. The summed E-state index contributed by atoms with van der Waals surface area (Å²) in [5, 5.41) is 5.77. The zero-order chi connectivity index (χ0) is 23.9. The van der Waals surface area contributed by atoms with Crippen LogP contribution >= 0.6 is 0 Å². The predicted molar refractivity (Wildman–Crippen MR) is 132 cm³/mol. The van der Waals surface area contributed by atoms with Crippen LogP contribution in [-0.4, -0.2) is 24.7 Å². The van der Waals surface area contributed by atoms with Gasteiger partial charge in [-0.1, -0.05) is 54.1 Å². The second-order valence-corrected chi connectivity index (χ2v) is 7.84. The third-order valence-corrected chi connectivity index (χ3v) is 5.19. The number of ether oxygens (including phenoxy) is 2. The molecule has 1 N–H and O–H groups in total. The van der Waals surface area contributed by atoms with Crippen LogP contribution in [0.5, 0.6) is 11.5 Å². The van der Waals surface area contributed by atoms with Crippen molar-refractivity contribution in [2.24, 2.45) is 5.10 Å². The summed E-state index contributed by atoms with van der Waals surface area (Å²) < 4.78 is 11.1. The highest BCUT2D eigenvalue weighted by atomic mass is 16.5. The van der Waals surface area contributed by atoms with Gasteiger partial charge in [-0.2, -0.15) is 5.10 Å². The van der Waals surface area contributed by atoms with Crippen LogP contribution in [0.4, 0.5) is 0 Å². The summed E-state index contributed by atoms with van der Waals surface area (Å²) in [6.45, 7) is 3.80. The number of esters is 1. The van der Waals surface area contributed by atoms with Crippen molar-refractivity contribution in [2.45, 2.75) is 13.8 Å². The van der Waals surface area contributed by atoms with E-state index in [1.165, 1.54) is 6.21 Å². The molecular formula is C28H24N2O4. The smallest absolute Gasteiger partial charge is 0.344 e. The van der Waals surface area contributed by atoms with Gasteiger partial charge in [-0.05, 0) is 72.1 Å². The molecule has 34 heavy (non-hydrogen) atoms. The molecule has 0 aromatic heterocycles. The van der Waals surface area contributed by atoms with E-state index in [4.69, 9.17) is 9.47 Å². The fraction of sp³-hybridized carbons (Fsp3) is 0.107. The van der Waals surface area contributed by atoms with Crippen molar-refractivity contribution < 1.29 is 19.1 Å². The van der Waals surface area contributed by atoms with Crippen LogP contribution in [0.15, 0.2) is 90.0 Å². The SMILES string of the molecule is Cc1ccc(OCC(=O)N/N=C\c2ccc(OC(=O)c3cccc4ccccc34)cc2)c(C)c1. The van der Waals surface area contributed by atoms with E-state index in [0.29, 0.717) is 17.1 Å². The number of rotatable bonds is 7. The first-order valence-corrected chi connectivity index (χ1v) is 10.8. The van der Waals surface area contributed by atoms with Gasteiger partial charge in [0.2, 0.25) is 0 Å². The number of fused-ring (bicyclic) bond motifs is 1. The van der Waals surface area contributed by atoms with E-state index in [9.17, 15) is 9.59 Å². The Bertz CT molecular complexity index is 1360. The molecule has 1 amide bonds. The van der Waals surface area contributed by atoms with Crippen molar-refractivity contribution in [2.75, 3.05) is 6.61 Å². The standard InChI is InChI=1S/C28H24N2O4/c1-19-10-15-26(20(2)16-19)33-18-27(31)30-29-17-21-11-13-23(14-12-21)34-28(32)25-9-5-7-22-6-3-4-8-24(22)25/h3-17H,18H2,1-2H3,(H,30,31)/b29-17-. The van der Waals surface area contributed by atoms with Crippen LogP contribution in [0.1, 0.15) is 27.0 Å². The highest BCUT2D eigenvalue weighted by molar-refractivity contribution is 6.05. The first-order valence-electron chi connectivity index (χ1n) is 10.8. The summed E-state index contributed by atoms with van der Waals surface area (Å²) in [6, 6.07) is 25.8. The zero-order valence-electron chi connectivity index (χ0n) is 18.9. The molecule has 0 atom stereocenters. The second-order valence-electron chi connectivity index (χ2n) is 7.84. The summed E-state index contributed by atoms with van der Waals surface area (Å²) in [5.74, 6) is 0.297. The van der Waals surface area contributed by atoms with Gasteiger partial charge in [-0.3, -0.25) is 4.79 Å². The van der Waals surface area contributed by atoms with E-state index < -0.39 is 5.97 Å². The minimum Gasteiger partial charge on any atom is -0.483 e. The Hall–Kier alpha value is -4.45. The fourth-order valence-electron chi connectivity index (χ4n) is 3.50. The molecule has 0 spiro atoms. The average Bonchev–Trinajstić information content (AvgIpc) is 2.84. The van der Waals surface area contributed by atoms with Crippen LogP contribution < -0.4 is 14.9 Å². The van der Waals surface area contributed by atoms with Gasteiger partial charge in [0.1, 0.15) is 11.5 Å². The number of carbonyl (C=O) groups is 2. The summed E-state index contributed by atoms with van der Waals surface area (Å²) in [6.07, 6.45) is 1.51. The molecule has 0 heterocycles. The number of hydrogen-bond acceptors (Lipinski definition) is 5. The minimum absolute atomic E-state index is 0.135. The third-order valence-electron chi connectivity index (χ3n) is 5.19. The van der Waals surface area contributed by atoms with Crippen molar-refractivity contribution in [3.63, 3.8) is 0 Å². The second kappa shape index (κ2) is 10.4. The van der Waals surface area contributed by atoms with E-state index in [0.717, 1.165) is 27.5 Å². The molecule has 6 heteroatoms. The molecule has 4 aromatic rings. The maximum Gasteiger partial charge on any atom is 0.344 e. The van der Waals surface area contributed by atoms with Crippen molar-refractivity contribution in [3.05, 3.63) is 107 Å². The van der Waals surface area contributed by atoms with Gasteiger partial charge < -0.3 is 9.47 Å². The van der Waals surface area contributed by atoms with Gasteiger partial charge in [-0.25, -0.2) is 10.2 Å². The Balaban J connectivity index is 1.30. The van der Waals surface area contributed by atoms with Gasteiger partial charge in [0.25, 0.3) is 5.91 Å². The van der Waals surface area contributed by atoms with E-state index in [1.807, 2.05) is 68.4 Å². The molecule has 6 nitrogen and oxygen atoms in total. The first kappa shape index (κ1) is 22.7. The van der Waals surface area contributed by atoms with E-state index in [-0.39, 0.29) is 12.5 Å². The topological polar surface area (TPSA) is 77.0 Å². The molecule has 0 saturated heterocycles. The number of carbonyl (C=O) groups excluding carboxylic acids is 2. The van der Waals surface area contributed by atoms with Crippen molar-refractivity contribution in [3.8, 4) is 11.5 Å². The van der Waals surface area contributed by atoms with Crippen LogP contribution in [0.3, 0.4) is 0 Å². The zero-order valence-corrected chi connectivity index (χ0v) is 18.9. The molecule has 0 unspecified atom stereocenters. The molecule has 4 aromatic carbocycles. The minimum atomic E-state index is -0.422. The lowest BCUT2D eigenvalue weighted by molar-refractivity contribution is -0.123. The van der Waals surface area contributed by atoms with E-state index >= 15 is 0 Å². The van der Waals surface area contributed by atoms with Gasteiger partial charge in [0.05, 0.1) is 11.8 Å². The normalized spacial score (nSPS) is 10.9. The summed E-state index contributed by atoms with van der Waals surface area (Å²) in [4.78, 5) is 24.6. The average molecular weight is 453 g/mol. The number of amides is 1. The Morgan fingerprint density at radius 1 is 0.912 bits per heavy atom. The molecule has 4 rings (SSSR count). The molecule has 0 aliphatic heterocycles. The summed E-state index contributed by atoms with van der Waals surface area (Å²) >= 11 is 0. The Morgan fingerprint density at radius 2 is 1.68 bits per heavy atom. The highest BCUT2D eigenvalue weighted by Gasteiger charge is 2.12. The molecule has 0 bridgehead atoms. The van der Waals surface area contributed by atoms with Gasteiger partial charge in [0, 0.05) is 0 Å². The van der Waals surface area contributed by atoms with Gasteiger partial charge in [0.15, 0.2) is 6.61 Å². The Morgan fingerprint density at radius 3 is 2.47 bits per heavy atom. The van der Waals surface area contributed by atoms with Crippen molar-refractivity contribution in [1.29, 1.82) is 0 Å². The number of hydrogen-bond donors (Lipinski definition) is 1. The third kappa shape index (κ3) is 5.66. The molecular weight excluding hydrogens is 428 g/mol. The highest BCUT2D eigenvalue weighted by Crippen LogP contribution is 2.21. The quantitative estimate of drug-likeness (QED) is 0.181. The monoisotopic (exact) mass is 452 g/mol. The van der Waals surface area contributed by atoms with Crippen LogP contribution in [0.2, 0.25) is 0 Å². The lowest BCUT2D eigenvalue weighted by atomic mass is 10.0. The number of nitrogens with one attached hydrogen (secondary N) is 1. The predicted octanol–water partition coefficient (Wildman–Crippen LogP) is 5.20. The maximum absolute atomic E-state index is 12.7. The summed E-state index contributed by atoms with van der Waals surface area (Å²) in [5.41, 5.74) is 5.79. The molecule has 0 aliphatic rings. The fourth-order valence-corrected chi connectivity index (χ4v) is 3.50. The largest absolute Gasteiger partial charge is 0.483 e. The number of nitrogens with zero attached hydrogens (tertiary/aromatic N) is 1. The van der Waals surface area contributed by atoms with Crippen molar-refractivity contribution in [1.82, 2.24) is 5.43 Å². The van der Waals surface area contributed by atoms with Crippen LogP contribution in [0, 0.1) is 13.8 Å². The Kier molecular flexibility index (Phi) is 6.98. The number of benzene rings is 4. The lowest BCUT2D eigenvalue weighted by Crippen LogP contribution is -2.24. The molecule has 0 fully saturated rings. The molecule has 0 radical (unpaired) electrons. The molecule has 0 aliphatic carbocycles. The van der Waals surface area contributed by atoms with Crippen molar-refractivity contribution >= 4 is 28.9 Å². The van der Waals surface area contributed by atoms with E-state index in [2.05, 4.69) is 10.5 Å². The van der Waals surface area contributed by atoms with Crippen LogP contribution in [0.25, 0.3) is 10.8 Å². The van der Waals surface area contributed by atoms with Gasteiger partial charge in [-0.15, -0.1) is 0 Å². The van der Waals surface area contributed by atoms with E-state index in [1.54, 1.807) is 30.3 Å². The number of hydrazone groups is 1.